The Morgan fingerprint density at radius 1 is 1.37 bits per heavy atom. The summed E-state index contributed by atoms with van der Waals surface area (Å²) in [6.45, 7) is 3.75. The van der Waals surface area contributed by atoms with Crippen molar-refractivity contribution in [3.05, 3.63) is 42.5 Å². The number of carboxylic acids is 1. The van der Waals surface area contributed by atoms with Crippen molar-refractivity contribution in [2.75, 3.05) is 25.0 Å². The SMILES string of the molecule is C=CCN(CCO)C(=O)Nc1ccccc1C(=O)O. The van der Waals surface area contributed by atoms with Crippen LogP contribution in [0, 0.1) is 0 Å². The zero-order valence-electron chi connectivity index (χ0n) is 10.4. The summed E-state index contributed by atoms with van der Waals surface area (Å²) in [7, 11) is 0. The predicted octanol–water partition coefficient (Wildman–Crippen LogP) is 1.40. The molecule has 3 N–H and O–H groups in total. The minimum absolute atomic E-state index is 0.0124. The van der Waals surface area contributed by atoms with E-state index < -0.39 is 12.0 Å². The molecule has 102 valence electrons. The van der Waals surface area contributed by atoms with E-state index in [0.29, 0.717) is 0 Å². The topological polar surface area (TPSA) is 89.9 Å². The molecule has 0 spiro atoms. The summed E-state index contributed by atoms with van der Waals surface area (Å²) >= 11 is 0. The zero-order valence-corrected chi connectivity index (χ0v) is 10.4. The Balaban J connectivity index is 2.85. The fourth-order valence-corrected chi connectivity index (χ4v) is 1.53. The summed E-state index contributed by atoms with van der Waals surface area (Å²) in [6, 6.07) is 5.64. The molecule has 0 bridgehead atoms. The molecular weight excluding hydrogens is 248 g/mol. The third-order valence-electron chi connectivity index (χ3n) is 2.41. The number of urea groups is 1. The van der Waals surface area contributed by atoms with E-state index in [0.717, 1.165) is 0 Å². The second-order valence-corrected chi connectivity index (χ2v) is 3.74. The number of nitrogens with one attached hydrogen (secondary N) is 1. The van der Waals surface area contributed by atoms with Gasteiger partial charge in [0.25, 0.3) is 0 Å². The lowest BCUT2D eigenvalue weighted by Crippen LogP contribution is -2.37. The van der Waals surface area contributed by atoms with Crippen molar-refractivity contribution in [3.63, 3.8) is 0 Å². The summed E-state index contributed by atoms with van der Waals surface area (Å²) in [5.41, 5.74) is 0.227. The number of aromatic carboxylic acids is 1. The Morgan fingerprint density at radius 2 is 2.05 bits per heavy atom. The molecule has 1 aromatic carbocycles. The molecule has 6 nitrogen and oxygen atoms in total. The monoisotopic (exact) mass is 264 g/mol. The lowest BCUT2D eigenvalue weighted by molar-refractivity contribution is 0.0698. The number of aliphatic hydroxyl groups is 1. The van der Waals surface area contributed by atoms with Crippen LogP contribution >= 0.6 is 0 Å². The van der Waals surface area contributed by atoms with Gasteiger partial charge in [-0.05, 0) is 12.1 Å². The van der Waals surface area contributed by atoms with E-state index in [4.69, 9.17) is 10.2 Å². The Labute approximate surface area is 111 Å². The number of carbonyl (C=O) groups excluding carboxylic acids is 1. The van der Waals surface area contributed by atoms with Gasteiger partial charge in [0.05, 0.1) is 17.9 Å². The average molecular weight is 264 g/mol. The number of nitrogens with zero attached hydrogens (tertiary/aromatic N) is 1. The maximum absolute atomic E-state index is 11.9. The molecule has 0 saturated heterocycles. The second kappa shape index (κ2) is 7.17. The van der Waals surface area contributed by atoms with E-state index in [2.05, 4.69) is 11.9 Å². The van der Waals surface area contributed by atoms with Crippen LogP contribution in [0.4, 0.5) is 10.5 Å². The molecule has 19 heavy (non-hydrogen) atoms. The highest BCUT2D eigenvalue weighted by Crippen LogP contribution is 2.15. The Bertz CT molecular complexity index is 473. The summed E-state index contributed by atoms with van der Waals surface area (Å²) < 4.78 is 0. The molecule has 0 unspecified atom stereocenters. The summed E-state index contributed by atoms with van der Waals surface area (Å²) in [5.74, 6) is -1.12. The van der Waals surface area contributed by atoms with Crippen LogP contribution in [-0.2, 0) is 0 Å². The third-order valence-corrected chi connectivity index (χ3v) is 2.41. The highest BCUT2D eigenvalue weighted by atomic mass is 16.4. The molecule has 1 rings (SSSR count). The molecule has 0 fully saturated rings. The number of aliphatic hydroxyl groups excluding tert-OH is 1. The highest BCUT2D eigenvalue weighted by Gasteiger charge is 2.15. The van der Waals surface area contributed by atoms with Crippen LogP contribution < -0.4 is 5.32 Å². The molecule has 0 aliphatic heterocycles. The molecule has 0 atom stereocenters. The van der Waals surface area contributed by atoms with Gasteiger partial charge in [-0.15, -0.1) is 6.58 Å². The fourth-order valence-electron chi connectivity index (χ4n) is 1.53. The van der Waals surface area contributed by atoms with Crippen LogP contribution in [0.15, 0.2) is 36.9 Å². The van der Waals surface area contributed by atoms with Gasteiger partial charge in [-0.25, -0.2) is 9.59 Å². The van der Waals surface area contributed by atoms with Crippen molar-refractivity contribution in [3.8, 4) is 0 Å². The first-order chi connectivity index (χ1) is 9.10. The van der Waals surface area contributed by atoms with Crippen molar-refractivity contribution in [1.82, 2.24) is 4.90 Å². The Morgan fingerprint density at radius 3 is 2.63 bits per heavy atom. The van der Waals surface area contributed by atoms with Gasteiger partial charge >= 0.3 is 12.0 Å². The first-order valence-electron chi connectivity index (χ1n) is 5.70. The summed E-state index contributed by atoms with van der Waals surface area (Å²) in [4.78, 5) is 24.3. The average Bonchev–Trinajstić information content (AvgIpc) is 2.38. The number of amides is 2. The lowest BCUT2D eigenvalue weighted by Gasteiger charge is -2.21. The van der Waals surface area contributed by atoms with Crippen LogP contribution in [0.3, 0.4) is 0 Å². The van der Waals surface area contributed by atoms with E-state index in [9.17, 15) is 9.59 Å². The quantitative estimate of drug-likeness (QED) is 0.677. The number of hydrogen-bond acceptors (Lipinski definition) is 3. The minimum atomic E-state index is -1.12. The predicted molar refractivity (Wildman–Crippen MR) is 71.3 cm³/mol. The van der Waals surface area contributed by atoms with Gasteiger partial charge in [0.1, 0.15) is 0 Å². The molecule has 0 saturated carbocycles. The number of anilines is 1. The van der Waals surface area contributed by atoms with Crippen LogP contribution in [0.1, 0.15) is 10.4 Å². The van der Waals surface area contributed by atoms with Crippen molar-refractivity contribution >= 4 is 17.7 Å². The van der Waals surface area contributed by atoms with Gasteiger partial charge in [0, 0.05) is 13.1 Å². The van der Waals surface area contributed by atoms with Crippen molar-refractivity contribution in [2.45, 2.75) is 0 Å². The maximum atomic E-state index is 11.9. The van der Waals surface area contributed by atoms with Crippen LogP contribution in [-0.4, -0.2) is 46.8 Å². The molecule has 0 aromatic heterocycles. The maximum Gasteiger partial charge on any atom is 0.337 e. The van der Waals surface area contributed by atoms with Gasteiger partial charge in [-0.3, -0.25) is 0 Å². The Hall–Kier alpha value is -2.34. The van der Waals surface area contributed by atoms with Crippen LogP contribution in [0.2, 0.25) is 0 Å². The number of rotatable bonds is 6. The number of hydrogen-bond donors (Lipinski definition) is 3. The van der Waals surface area contributed by atoms with Crippen LogP contribution in [0.25, 0.3) is 0 Å². The van der Waals surface area contributed by atoms with Crippen molar-refractivity contribution in [2.24, 2.45) is 0 Å². The number of benzene rings is 1. The number of para-hydroxylation sites is 1. The highest BCUT2D eigenvalue weighted by molar-refractivity contribution is 5.99. The van der Waals surface area contributed by atoms with Gasteiger partial charge < -0.3 is 20.4 Å². The molecule has 2 amide bonds. The summed E-state index contributed by atoms with van der Waals surface area (Å²) in [5, 5.41) is 20.4. The van der Waals surface area contributed by atoms with E-state index in [1.807, 2.05) is 0 Å². The number of carboxylic acid groups (broad SMARTS) is 1. The van der Waals surface area contributed by atoms with Gasteiger partial charge in [-0.1, -0.05) is 18.2 Å². The van der Waals surface area contributed by atoms with Gasteiger partial charge in [0.2, 0.25) is 0 Å². The second-order valence-electron chi connectivity index (χ2n) is 3.74. The molecule has 0 aliphatic rings. The van der Waals surface area contributed by atoms with E-state index in [-0.39, 0.29) is 30.9 Å². The first-order valence-corrected chi connectivity index (χ1v) is 5.70. The lowest BCUT2D eigenvalue weighted by atomic mass is 10.2. The molecule has 1 aromatic rings. The molecule has 0 radical (unpaired) electrons. The Kier molecular flexibility index (Phi) is 5.56. The van der Waals surface area contributed by atoms with Gasteiger partial charge in [-0.2, -0.15) is 0 Å². The fraction of sp³-hybridized carbons (Fsp3) is 0.231. The van der Waals surface area contributed by atoms with Crippen molar-refractivity contribution < 1.29 is 19.8 Å². The smallest absolute Gasteiger partial charge is 0.337 e. The van der Waals surface area contributed by atoms with E-state index in [1.54, 1.807) is 12.1 Å². The van der Waals surface area contributed by atoms with Crippen molar-refractivity contribution in [1.29, 1.82) is 0 Å². The van der Waals surface area contributed by atoms with E-state index >= 15 is 0 Å². The third kappa shape index (κ3) is 4.11. The molecular formula is C13H16N2O4. The zero-order chi connectivity index (χ0) is 14.3. The minimum Gasteiger partial charge on any atom is -0.478 e. The first kappa shape index (κ1) is 14.7. The summed E-state index contributed by atoms with van der Waals surface area (Å²) in [6.07, 6.45) is 1.53. The number of carbonyl (C=O) groups is 2. The molecule has 0 heterocycles. The van der Waals surface area contributed by atoms with Crippen LogP contribution in [0.5, 0.6) is 0 Å². The van der Waals surface area contributed by atoms with Gasteiger partial charge in [0.15, 0.2) is 0 Å². The van der Waals surface area contributed by atoms with E-state index in [1.165, 1.54) is 23.1 Å². The molecule has 0 aliphatic carbocycles. The molecule has 6 heteroatoms. The normalized spacial score (nSPS) is 9.74. The largest absolute Gasteiger partial charge is 0.478 e. The standard InChI is InChI=1S/C13H16N2O4/c1-2-7-15(8-9-16)13(19)14-11-6-4-3-5-10(11)12(17)18/h2-6,16H,1,7-9H2,(H,14,19)(H,17,18).